The number of rotatable bonds is 3. The van der Waals surface area contributed by atoms with Crippen molar-refractivity contribution in [1.82, 2.24) is 10.8 Å². The van der Waals surface area contributed by atoms with Gasteiger partial charge >= 0.3 is 0 Å². The molecule has 1 heterocycles. The molecule has 3 heteroatoms. The van der Waals surface area contributed by atoms with Gasteiger partial charge in [-0.2, -0.15) is 0 Å². The second-order valence-corrected chi connectivity index (χ2v) is 2.75. The van der Waals surface area contributed by atoms with Gasteiger partial charge in [0.1, 0.15) is 0 Å². The van der Waals surface area contributed by atoms with Crippen LogP contribution in [0.3, 0.4) is 0 Å². The summed E-state index contributed by atoms with van der Waals surface area (Å²) in [6.45, 7) is 2.99. The monoisotopic (exact) mass is 144 g/mol. The summed E-state index contributed by atoms with van der Waals surface area (Å²) in [6, 6.07) is 0. The molecule has 0 aromatic heterocycles. The molecule has 1 atom stereocenters. The van der Waals surface area contributed by atoms with Crippen LogP contribution in [-0.2, 0) is 4.84 Å². The van der Waals surface area contributed by atoms with E-state index in [1.54, 1.807) is 0 Å². The molecule has 3 nitrogen and oxygen atoms in total. The predicted octanol–water partition coefficient (Wildman–Crippen LogP) is 0.137. The maximum absolute atomic E-state index is 5.10. The predicted molar refractivity (Wildman–Crippen MR) is 40.6 cm³/mol. The van der Waals surface area contributed by atoms with Crippen LogP contribution in [0.4, 0.5) is 0 Å². The summed E-state index contributed by atoms with van der Waals surface area (Å²) in [5.41, 5.74) is 2.87. The van der Waals surface area contributed by atoms with Crippen molar-refractivity contribution in [1.29, 1.82) is 0 Å². The van der Waals surface area contributed by atoms with Gasteiger partial charge in [0.15, 0.2) is 0 Å². The van der Waals surface area contributed by atoms with Crippen LogP contribution in [0, 0.1) is 5.92 Å². The van der Waals surface area contributed by atoms with Crippen LogP contribution in [0.1, 0.15) is 12.8 Å². The van der Waals surface area contributed by atoms with E-state index in [4.69, 9.17) is 4.84 Å². The van der Waals surface area contributed by atoms with E-state index in [-0.39, 0.29) is 0 Å². The molecule has 60 valence electrons. The smallest absolute Gasteiger partial charge is 0.0711 e. The summed E-state index contributed by atoms with van der Waals surface area (Å²) in [6.07, 6.45) is 2.49. The molecule has 0 bridgehead atoms. The summed E-state index contributed by atoms with van der Waals surface area (Å²) in [4.78, 5) is 5.10. The lowest BCUT2D eigenvalue weighted by Gasteiger charge is -2.21. The van der Waals surface area contributed by atoms with Crippen LogP contribution < -0.4 is 10.8 Å². The Morgan fingerprint density at radius 2 is 2.60 bits per heavy atom. The van der Waals surface area contributed by atoms with Crippen LogP contribution in [0.2, 0.25) is 0 Å². The average molecular weight is 144 g/mol. The third-order valence-corrected chi connectivity index (χ3v) is 1.88. The third kappa shape index (κ3) is 2.64. The Labute approximate surface area is 62.1 Å². The van der Waals surface area contributed by atoms with Crippen molar-refractivity contribution < 1.29 is 4.84 Å². The minimum Gasteiger partial charge on any atom is -0.320 e. The van der Waals surface area contributed by atoms with E-state index in [0.717, 1.165) is 25.6 Å². The molecule has 1 rings (SSSR count). The molecule has 0 amide bonds. The van der Waals surface area contributed by atoms with Gasteiger partial charge in [0.25, 0.3) is 0 Å². The zero-order chi connectivity index (χ0) is 7.23. The van der Waals surface area contributed by atoms with E-state index in [0.29, 0.717) is 0 Å². The Kier molecular flexibility index (Phi) is 3.72. The highest BCUT2D eigenvalue weighted by Crippen LogP contribution is 2.10. The molecule has 0 spiro atoms. The minimum absolute atomic E-state index is 0.758. The first-order valence-corrected chi connectivity index (χ1v) is 3.92. The van der Waals surface area contributed by atoms with Crippen molar-refractivity contribution in [2.24, 2.45) is 5.92 Å². The Hall–Kier alpha value is -0.120. The fourth-order valence-electron chi connectivity index (χ4n) is 1.17. The first-order chi connectivity index (χ1) is 4.93. The topological polar surface area (TPSA) is 33.3 Å². The van der Waals surface area contributed by atoms with Crippen LogP contribution in [0.25, 0.3) is 0 Å². The van der Waals surface area contributed by atoms with Crippen LogP contribution in [-0.4, -0.2) is 26.7 Å². The van der Waals surface area contributed by atoms with Crippen LogP contribution >= 0.6 is 0 Å². The molecule has 1 aliphatic heterocycles. The molecule has 0 aromatic rings. The number of hydrogen-bond acceptors (Lipinski definition) is 3. The lowest BCUT2D eigenvalue weighted by atomic mass is 10.0. The average Bonchev–Trinajstić information content (AvgIpc) is 2.03. The molecular formula is C7H16N2O. The van der Waals surface area contributed by atoms with Gasteiger partial charge in [-0.25, -0.2) is 5.48 Å². The van der Waals surface area contributed by atoms with Crippen LogP contribution in [0.15, 0.2) is 0 Å². The molecular weight excluding hydrogens is 128 g/mol. The van der Waals surface area contributed by atoms with Gasteiger partial charge in [0.05, 0.1) is 6.61 Å². The summed E-state index contributed by atoms with van der Waals surface area (Å²) < 4.78 is 0. The van der Waals surface area contributed by atoms with Crippen LogP contribution in [0.5, 0.6) is 0 Å². The molecule has 1 unspecified atom stereocenters. The molecule has 2 N–H and O–H groups in total. The summed E-state index contributed by atoms with van der Waals surface area (Å²) in [5, 5.41) is 3.14. The van der Waals surface area contributed by atoms with E-state index in [1.807, 2.05) is 7.05 Å². The van der Waals surface area contributed by atoms with Gasteiger partial charge in [-0.3, -0.25) is 0 Å². The van der Waals surface area contributed by atoms with Gasteiger partial charge in [0, 0.05) is 6.54 Å². The highest BCUT2D eigenvalue weighted by Gasteiger charge is 2.12. The molecule has 0 saturated carbocycles. The van der Waals surface area contributed by atoms with Crippen molar-refractivity contribution in [3.63, 3.8) is 0 Å². The quantitative estimate of drug-likeness (QED) is 0.591. The molecule has 10 heavy (non-hydrogen) atoms. The Bertz CT molecular complexity index is 81.7. The van der Waals surface area contributed by atoms with Crippen molar-refractivity contribution in [3.05, 3.63) is 0 Å². The lowest BCUT2D eigenvalue weighted by molar-refractivity contribution is -0.0204. The summed E-state index contributed by atoms with van der Waals surface area (Å²) in [7, 11) is 1.99. The fraction of sp³-hybridized carbons (Fsp3) is 1.00. The molecule has 0 radical (unpaired) electrons. The van der Waals surface area contributed by atoms with E-state index >= 15 is 0 Å². The maximum Gasteiger partial charge on any atom is 0.0711 e. The summed E-state index contributed by atoms with van der Waals surface area (Å²) >= 11 is 0. The number of nitrogens with one attached hydrogen (secondary N) is 2. The van der Waals surface area contributed by atoms with Gasteiger partial charge in [0.2, 0.25) is 0 Å². The SMILES string of the molecule is CNCCC1CCNOC1. The van der Waals surface area contributed by atoms with E-state index < -0.39 is 0 Å². The van der Waals surface area contributed by atoms with E-state index in [1.165, 1.54) is 12.8 Å². The van der Waals surface area contributed by atoms with Gasteiger partial charge in [-0.1, -0.05) is 0 Å². The second-order valence-electron chi connectivity index (χ2n) is 2.75. The lowest BCUT2D eigenvalue weighted by Crippen LogP contribution is -2.31. The highest BCUT2D eigenvalue weighted by atomic mass is 16.6. The zero-order valence-electron chi connectivity index (χ0n) is 6.52. The Morgan fingerprint density at radius 3 is 3.20 bits per heavy atom. The van der Waals surface area contributed by atoms with Gasteiger partial charge in [-0.05, 0) is 32.4 Å². The fourth-order valence-corrected chi connectivity index (χ4v) is 1.17. The zero-order valence-corrected chi connectivity index (χ0v) is 6.52. The summed E-state index contributed by atoms with van der Waals surface area (Å²) in [5.74, 6) is 0.758. The van der Waals surface area contributed by atoms with Crippen molar-refractivity contribution >= 4 is 0 Å². The highest BCUT2D eigenvalue weighted by molar-refractivity contribution is 4.62. The Morgan fingerprint density at radius 1 is 1.70 bits per heavy atom. The van der Waals surface area contributed by atoms with Crippen molar-refractivity contribution in [2.45, 2.75) is 12.8 Å². The molecule has 1 saturated heterocycles. The number of hydrogen-bond donors (Lipinski definition) is 2. The number of hydroxylamine groups is 1. The van der Waals surface area contributed by atoms with Crippen molar-refractivity contribution in [3.8, 4) is 0 Å². The molecule has 0 aromatic carbocycles. The van der Waals surface area contributed by atoms with E-state index in [9.17, 15) is 0 Å². The van der Waals surface area contributed by atoms with Crippen molar-refractivity contribution in [2.75, 3.05) is 26.7 Å². The first kappa shape index (κ1) is 7.98. The first-order valence-electron chi connectivity index (χ1n) is 3.92. The normalized spacial score (nSPS) is 26.7. The van der Waals surface area contributed by atoms with Gasteiger partial charge in [-0.15, -0.1) is 0 Å². The largest absolute Gasteiger partial charge is 0.320 e. The van der Waals surface area contributed by atoms with Gasteiger partial charge < -0.3 is 10.2 Å². The standard InChI is InChI=1S/C7H16N2O/c1-8-4-2-7-3-5-9-10-6-7/h7-9H,2-6H2,1H3. The third-order valence-electron chi connectivity index (χ3n) is 1.88. The minimum atomic E-state index is 0.758. The molecule has 1 fully saturated rings. The molecule has 0 aliphatic carbocycles. The Balaban J connectivity index is 2.02. The maximum atomic E-state index is 5.10. The van der Waals surface area contributed by atoms with E-state index in [2.05, 4.69) is 10.8 Å². The molecule has 1 aliphatic rings. The second kappa shape index (κ2) is 4.66.